The number of carbonyl (C=O) groups excluding carboxylic acids is 1. The van der Waals surface area contributed by atoms with Gasteiger partial charge in [0.15, 0.2) is 0 Å². The van der Waals surface area contributed by atoms with Crippen LogP contribution in [0.3, 0.4) is 0 Å². The molecule has 124 valence electrons. The quantitative estimate of drug-likeness (QED) is 0.455. The minimum Gasteiger partial charge on any atom is -0.354 e. The standard InChI is InChI=1S/C17H19N5OS/c1-12-10-13(2)21-17(20-12)19-9-3-4-16(23)22-14-5-7-15(8-6-14)24-11-18/h5-8,10H,3-4,9H2,1-2H3,(H,22,23)(H,19,20,21). The topological polar surface area (TPSA) is 90.7 Å². The van der Waals surface area contributed by atoms with Gasteiger partial charge in [0.25, 0.3) is 0 Å². The number of nitrogens with one attached hydrogen (secondary N) is 2. The van der Waals surface area contributed by atoms with E-state index in [2.05, 4.69) is 20.6 Å². The fourth-order valence-corrected chi connectivity index (χ4v) is 2.51. The lowest BCUT2D eigenvalue weighted by molar-refractivity contribution is -0.116. The van der Waals surface area contributed by atoms with Gasteiger partial charge in [-0.15, -0.1) is 0 Å². The highest BCUT2D eigenvalue weighted by Crippen LogP contribution is 2.19. The van der Waals surface area contributed by atoms with Gasteiger partial charge in [-0.05, 0) is 62.4 Å². The smallest absolute Gasteiger partial charge is 0.224 e. The summed E-state index contributed by atoms with van der Waals surface area (Å²) >= 11 is 1.09. The number of hydrogen-bond acceptors (Lipinski definition) is 6. The molecule has 24 heavy (non-hydrogen) atoms. The van der Waals surface area contributed by atoms with Crippen LogP contribution in [0, 0.1) is 24.5 Å². The van der Waals surface area contributed by atoms with E-state index in [4.69, 9.17) is 5.26 Å². The van der Waals surface area contributed by atoms with E-state index in [0.29, 0.717) is 25.3 Å². The second kappa shape index (κ2) is 8.89. The number of anilines is 2. The molecule has 0 unspecified atom stereocenters. The molecule has 2 rings (SSSR count). The van der Waals surface area contributed by atoms with E-state index in [1.165, 1.54) is 0 Å². The van der Waals surface area contributed by atoms with Crippen LogP contribution in [0.1, 0.15) is 24.2 Å². The van der Waals surface area contributed by atoms with Crippen LogP contribution in [0.4, 0.5) is 11.6 Å². The molecule has 2 N–H and O–H groups in total. The first-order chi connectivity index (χ1) is 11.6. The number of aromatic nitrogens is 2. The van der Waals surface area contributed by atoms with E-state index < -0.39 is 0 Å². The van der Waals surface area contributed by atoms with Crippen LogP contribution in [0.5, 0.6) is 0 Å². The molecule has 2 aromatic rings. The Balaban J connectivity index is 1.72. The fourth-order valence-electron chi connectivity index (χ4n) is 2.14. The zero-order valence-electron chi connectivity index (χ0n) is 13.7. The summed E-state index contributed by atoms with van der Waals surface area (Å²) in [5.74, 6) is 0.553. The molecule has 1 aromatic heterocycles. The molecular formula is C17H19N5OS. The number of nitrogens with zero attached hydrogens (tertiary/aromatic N) is 3. The van der Waals surface area contributed by atoms with Crippen molar-refractivity contribution in [3.63, 3.8) is 0 Å². The molecule has 7 heteroatoms. The van der Waals surface area contributed by atoms with Crippen LogP contribution >= 0.6 is 11.8 Å². The van der Waals surface area contributed by atoms with Crippen LogP contribution in [0.25, 0.3) is 0 Å². The zero-order chi connectivity index (χ0) is 17.4. The van der Waals surface area contributed by atoms with Crippen molar-refractivity contribution in [2.75, 3.05) is 17.2 Å². The van der Waals surface area contributed by atoms with Crippen LogP contribution in [-0.4, -0.2) is 22.4 Å². The van der Waals surface area contributed by atoms with Crippen LogP contribution in [-0.2, 0) is 4.79 Å². The molecule has 0 saturated heterocycles. The summed E-state index contributed by atoms with van der Waals surface area (Å²) in [6.07, 6.45) is 1.09. The van der Waals surface area contributed by atoms with Gasteiger partial charge >= 0.3 is 0 Å². The van der Waals surface area contributed by atoms with Crippen molar-refractivity contribution in [2.45, 2.75) is 31.6 Å². The maximum absolute atomic E-state index is 11.9. The minimum atomic E-state index is -0.0428. The molecule has 0 radical (unpaired) electrons. The SMILES string of the molecule is Cc1cc(C)nc(NCCCC(=O)Nc2ccc(SC#N)cc2)n1. The molecule has 0 atom stereocenters. The predicted molar refractivity (Wildman–Crippen MR) is 95.8 cm³/mol. The zero-order valence-corrected chi connectivity index (χ0v) is 14.5. The number of nitriles is 1. The minimum absolute atomic E-state index is 0.0428. The molecular weight excluding hydrogens is 322 g/mol. The largest absolute Gasteiger partial charge is 0.354 e. The summed E-state index contributed by atoms with van der Waals surface area (Å²) in [7, 11) is 0. The Kier molecular flexibility index (Phi) is 6.58. The third-order valence-electron chi connectivity index (χ3n) is 3.15. The summed E-state index contributed by atoms with van der Waals surface area (Å²) < 4.78 is 0. The Morgan fingerprint density at radius 3 is 2.50 bits per heavy atom. The molecule has 0 saturated carbocycles. The maximum Gasteiger partial charge on any atom is 0.224 e. The van der Waals surface area contributed by atoms with Gasteiger partial charge in [0.05, 0.1) is 0 Å². The Morgan fingerprint density at radius 1 is 1.21 bits per heavy atom. The van der Waals surface area contributed by atoms with Crippen molar-refractivity contribution >= 4 is 29.3 Å². The van der Waals surface area contributed by atoms with Gasteiger partial charge in [-0.2, -0.15) is 5.26 Å². The van der Waals surface area contributed by atoms with E-state index in [1.54, 1.807) is 12.1 Å². The first-order valence-electron chi connectivity index (χ1n) is 7.59. The third kappa shape index (κ3) is 5.89. The van der Waals surface area contributed by atoms with Crippen LogP contribution in [0.2, 0.25) is 0 Å². The second-order valence-corrected chi connectivity index (χ2v) is 6.13. The van der Waals surface area contributed by atoms with Gasteiger partial charge in [0.1, 0.15) is 5.40 Å². The fraction of sp³-hybridized carbons (Fsp3) is 0.294. The number of hydrogen-bond donors (Lipinski definition) is 2. The van der Waals surface area contributed by atoms with Crippen LogP contribution in [0.15, 0.2) is 35.2 Å². The summed E-state index contributed by atoms with van der Waals surface area (Å²) in [5, 5.41) is 16.6. The number of thiocyanates is 1. The van der Waals surface area contributed by atoms with E-state index in [-0.39, 0.29) is 5.91 Å². The molecule has 0 fully saturated rings. The lowest BCUT2D eigenvalue weighted by Crippen LogP contribution is -2.14. The third-order valence-corrected chi connectivity index (χ3v) is 3.75. The van der Waals surface area contributed by atoms with E-state index >= 15 is 0 Å². The second-order valence-electron chi connectivity index (χ2n) is 5.27. The van der Waals surface area contributed by atoms with Gasteiger partial charge in [0.2, 0.25) is 11.9 Å². The van der Waals surface area contributed by atoms with Gasteiger partial charge in [0, 0.05) is 34.9 Å². The van der Waals surface area contributed by atoms with Crippen molar-refractivity contribution in [1.29, 1.82) is 5.26 Å². The molecule has 0 bridgehead atoms. The average molecular weight is 341 g/mol. The first-order valence-corrected chi connectivity index (χ1v) is 8.40. The number of thioether (sulfide) groups is 1. The Labute approximate surface area is 145 Å². The van der Waals surface area contributed by atoms with Gasteiger partial charge in [-0.1, -0.05) is 0 Å². The van der Waals surface area contributed by atoms with E-state index in [1.807, 2.05) is 37.4 Å². The Hall–Kier alpha value is -2.59. The molecule has 1 heterocycles. The monoisotopic (exact) mass is 341 g/mol. The normalized spacial score (nSPS) is 10.0. The van der Waals surface area contributed by atoms with E-state index in [0.717, 1.165) is 33.7 Å². The number of benzene rings is 1. The van der Waals surface area contributed by atoms with Gasteiger partial charge in [-0.3, -0.25) is 4.79 Å². The first kappa shape index (κ1) is 17.8. The summed E-state index contributed by atoms with van der Waals surface area (Å²) in [4.78, 5) is 21.4. The molecule has 6 nitrogen and oxygen atoms in total. The highest BCUT2D eigenvalue weighted by atomic mass is 32.2. The molecule has 0 aliphatic rings. The number of amides is 1. The lowest BCUT2D eigenvalue weighted by Gasteiger charge is -2.07. The number of aryl methyl sites for hydroxylation is 2. The number of carbonyl (C=O) groups is 1. The van der Waals surface area contributed by atoms with Crippen molar-refractivity contribution in [1.82, 2.24) is 9.97 Å². The highest BCUT2D eigenvalue weighted by molar-refractivity contribution is 8.03. The molecule has 1 aromatic carbocycles. The predicted octanol–water partition coefficient (Wildman–Crippen LogP) is 3.50. The summed E-state index contributed by atoms with van der Waals surface area (Å²) in [6.45, 7) is 4.48. The average Bonchev–Trinajstić information content (AvgIpc) is 2.53. The van der Waals surface area contributed by atoms with Gasteiger partial charge < -0.3 is 10.6 Å². The molecule has 1 amide bonds. The molecule has 0 aliphatic heterocycles. The summed E-state index contributed by atoms with van der Waals surface area (Å²) in [6, 6.07) is 9.11. The van der Waals surface area contributed by atoms with Crippen molar-refractivity contribution in [3.05, 3.63) is 41.7 Å². The van der Waals surface area contributed by atoms with Crippen molar-refractivity contribution < 1.29 is 4.79 Å². The van der Waals surface area contributed by atoms with Crippen molar-refractivity contribution in [2.24, 2.45) is 0 Å². The van der Waals surface area contributed by atoms with Crippen LogP contribution < -0.4 is 10.6 Å². The van der Waals surface area contributed by atoms with E-state index in [9.17, 15) is 4.79 Å². The molecule has 0 spiro atoms. The summed E-state index contributed by atoms with van der Waals surface area (Å²) in [5.41, 5.74) is 2.56. The molecule has 0 aliphatic carbocycles. The maximum atomic E-state index is 11.9. The highest BCUT2D eigenvalue weighted by Gasteiger charge is 2.04. The Bertz CT molecular complexity index is 719. The Morgan fingerprint density at radius 2 is 1.88 bits per heavy atom. The number of rotatable bonds is 7. The lowest BCUT2D eigenvalue weighted by atomic mass is 10.2. The van der Waals surface area contributed by atoms with Crippen molar-refractivity contribution in [3.8, 4) is 5.40 Å². The van der Waals surface area contributed by atoms with Gasteiger partial charge in [-0.25, -0.2) is 9.97 Å².